The molecule has 0 aliphatic heterocycles. The van der Waals surface area contributed by atoms with Crippen LogP contribution in [-0.4, -0.2) is 17.0 Å². The van der Waals surface area contributed by atoms with E-state index in [-0.39, 0.29) is 5.91 Å². The lowest BCUT2D eigenvalue weighted by Gasteiger charge is -2.16. The van der Waals surface area contributed by atoms with E-state index in [1.165, 1.54) is 0 Å². The third-order valence-corrected chi connectivity index (χ3v) is 4.34. The summed E-state index contributed by atoms with van der Waals surface area (Å²) in [6.45, 7) is 2.03. The number of carboxylic acid groups (broad SMARTS) is 1. The number of hydrogen-bond donors (Lipinski definition) is 2. The SMILES string of the molecule is CCc1ccccc1NC(=O)c1ccc(OC(C(=O)O)c2ccccc2)cc1. The van der Waals surface area contributed by atoms with Gasteiger partial charge < -0.3 is 15.2 Å². The maximum atomic E-state index is 12.5. The molecule has 0 aliphatic rings. The number of aryl methyl sites for hydroxylation is 1. The van der Waals surface area contributed by atoms with Gasteiger partial charge in [-0.1, -0.05) is 55.5 Å². The van der Waals surface area contributed by atoms with Crippen molar-refractivity contribution in [1.82, 2.24) is 0 Å². The molecule has 0 radical (unpaired) electrons. The molecule has 142 valence electrons. The summed E-state index contributed by atoms with van der Waals surface area (Å²) in [5.41, 5.74) is 2.85. The van der Waals surface area contributed by atoms with Crippen molar-refractivity contribution >= 4 is 17.6 Å². The van der Waals surface area contributed by atoms with Crippen LogP contribution in [0.4, 0.5) is 5.69 Å². The molecule has 1 atom stereocenters. The summed E-state index contributed by atoms with van der Waals surface area (Å²) in [5.74, 6) is -0.934. The molecule has 3 aromatic rings. The highest BCUT2D eigenvalue weighted by Crippen LogP contribution is 2.23. The van der Waals surface area contributed by atoms with Crippen LogP contribution in [0.2, 0.25) is 0 Å². The number of nitrogens with one attached hydrogen (secondary N) is 1. The zero-order valence-corrected chi connectivity index (χ0v) is 15.5. The Morgan fingerprint density at radius 1 is 0.929 bits per heavy atom. The average Bonchev–Trinajstić information content (AvgIpc) is 2.73. The minimum absolute atomic E-state index is 0.231. The van der Waals surface area contributed by atoms with Crippen molar-refractivity contribution in [2.75, 3.05) is 5.32 Å². The van der Waals surface area contributed by atoms with Crippen molar-refractivity contribution in [3.05, 3.63) is 95.6 Å². The Morgan fingerprint density at radius 3 is 2.21 bits per heavy atom. The monoisotopic (exact) mass is 375 g/mol. The molecular formula is C23H21NO4. The number of anilines is 1. The van der Waals surface area contributed by atoms with Gasteiger partial charge in [0.2, 0.25) is 6.10 Å². The smallest absolute Gasteiger partial charge is 0.349 e. The van der Waals surface area contributed by atoms with Crippen molar-refractivity contribution in [1.29, 1.82) is 0 Å². The molecule has 1 unspecified atom stereocenters. The third-order valence-electron chi connectivity index (χ3n) is 4.34. The summed E-state index contributed by atoms with van der Waals surface area (Å²) >= 11 is 0. The van der Waals surface area contributed by atoms with Crippen molar-refractivity contribution in [3.8, 4) is 5.75 Å². The molecule has 2 N–H and O–H groups in total. The van der Waals surface area contributed by atoms with E-state index in [1.54, 1.807) is 48.5 Å². The second kappa shape index (κ2) is 8.86. The van der Waals surface area contributed by atoms with Crippen LogP contribution in [0.25, 0.3) is 0 Å². The molecule has 28 heavy (non-hydrogen) atoms. The van der Waals surface area contributed by atoms with Gasteiger partial charge in [0, 0.05) is 16.8 Å². The van der Waals surface area contributed by atoms with Gasteiger partial charge in [-0.05, 0) is 42.3 Å². The Balaban J connectivity index is 1.72. The van der Waals surface area contributed by atoms with E-state index in [0.29, 0.717) is 16.9 Å². The number of para-hydroxylation sites is 1. The van der Waals surface area contributed by atoms with Gasteiger partial charge in [0.1, 0.15) is 5.75 Å². The van der Waals surface area contributed by atoms with Gasteiger partial charge in [-0.15, -0.1) is 0 Å². The summed E-state index contributed by atoms with van der Waals surface area (Å²) in [6, 6.07) is 22.8. The van der Waals surface area contributed by atoms with Crippen molar-refractivity contribution in [2.45, 2.75) is 19.4 Å². The maximum absolute atomic E-state index is 12.5. The minimum atomic E-state index is -1.11. The number of ether oxygens (including phenoxy) is 1. The van der Waals surface area contributed by atoms with Gasteiger partial charge in [0.25, 0.3) is 5.91 Å². The summed E-state index contributed by atoms with van der Waals surface area (Å²) in [6.07, 6.45) is -0.295. The molecule has 1 amide bonds. The standard InChI is InChI=1S/C23H21NO4/c1-2-16-8-6-7-11-20(16)24-22(25)18-12-14-19(15-13-18)28-21(23(26)27)17-9-4-3-5-10-17/h3-15,21H,2H2,1H3,(H,24,25)(H,26,27). The number of amides is 1. The first-order valence-corrected chi connectivity index (χ1v) is 9.02. The first-order valence-electron chi connectivity index (χ1n) is 9.02. The summed E-state index contributed by atoms with van der Waals surface area (Å²) in [7, 11) is 0. The zero-order chi connectivity index (χ0) is 19.9. The van der Waals surface area contributed by atoms with E-state index in [9.17, 15) is 14.7 Å². The van der Waals surface area contributed by atoms with E-state index >= 15 is 0 Å². The summed E-state index contributed by atoms with van der Waals surface area (Å²) in [4.78, 5) is 24.1. The van der Waals surface area contributed by atoms with Gasteiger partial charge in [-0.2, -0.15) is 0 Å². The van der Waals surface area contributed by atoms with Gasteiger partial charge in [-0.3, -0.25) is 4.79 Å². The van der Waals surface area contributed by atoms with Crippen LogP contribution in [-0.2, 0) is 11.2 Å². The number of carboxylic acids is 1. The van der Waals surface area contributed by atoms with Crippen molar-refractivity contribution in [2.24, 2.45) is 0 Å². The van der Waals surface area contributed by atoms with Crippen LogP contribution >= 0.6 is 0 Å². The fourth-order valence-corrected chi connectivity index (χ4v) is 2.85. The van der Waals surface area contributed by atoms with Crippen LogP contribution in [0.15, 0.2) is 78.9 Å². The lowest BCUT2D eigenvalue weighted by molar-refractivity contribution is -0.145. The quantitative estimate of drug-likeness (QED) is 0.627. The lowest BCUT2D eigenvalue weighted by Crippen LogP contribution is -2.18. The van der Waals surface area contributed by atoms with Gasteiger partial charge in [0.15, 0.2) is 0 Å². The number of carbonyl (C=O) groups is 2. The Labute approximate surface area is 163 Å². The molecule has 0 fully saturated rings. The van der Waals surface area contributed by atoms with Gasteiger partial charge >= 0.3 is 5.97 Å². The molecule has 3 aromatic carbocycles. The maximum Gasteiger partial charge on any atom is 0.349 e. The molecule has 0 saturated heterocycles. The highest BCUT2D eigenvalue weighted by molar-refractivity contribution is 6.04. The molecule has 0 bridgehead atoms. The predicted molar refractivity (Wildman–Crippen MR) is 108 cm³/mol. The molecule has 0 aliphatic carbocycles. The van der Waals surface area contributed by atoms with E-state index in [2.05, 4.69) is 5.32 Å². The normalized spacial score (nSPS) is 11.5. The van der Waals surface area contributed by atoms with Crippen LogP contribution in [0.5, 0.6) is 5.75 Å². The zero-order valence-electron chi connectivity index (χ0n) is 15.5. The summed E-state index contributed by atoms with van der Waals surface area (Å²) in [5, 5.41) is 12.4. The second-order valence-corrected chi connectivity index (χ2v) is 6.24. The van der Waals surface area contributed by atoms with E-state index in [4.69, 9.17) is 4.74 Å². The fraction of sp³-hybridized carbons (Fsp3) is 0.130. The number of aliphatic carboxylic acids is 1. The highest BCUT2D eigenvalue weighted by atomic mass is 16.5. The fourth-order valence-electron chi connectivity index (χ4n) is 2.85. The first-order chi connectivity index (χ1) is 13.6. The molecule has 0 aromatic heterocycles. The first kappa shape index (κ1) is 19.2. The highest BCUT2D eigenvalue weighted by Gasteiger charge is 2.21. The third kappa shape index (κ3) is 4.57. The number of hydrogen-bond acceptors (Lipinski definition) is 3. The lowest BCUT2D eigenvalue weighted by atomic mass is 10.1. The minimum Gasteiger partial charge on any atom is -0.478 e. The molecule has 0 spiro atoms. The van der Waals surface area contributed by atoms with Crippen LogP contribution < -0.4 is 10.1 Å². The van der Waals surface area contributed by atoms with E-state index in [0.717, 1.165) is 17.7 Å². The Hall–Kier alpha value is -3.60. The average molecular weight is 375 g/mol. The van der Waals surface area contributed by atoms with Crippen LogP contribution in [0, 0.1) is 0 Å². The van der Waals surface area contributed by atoms with Crippen LogP contribution in [0.3, 0.4) is 0 Å². The molecule has 5 heteroatoms. The molecule has 5 nitrogen and oxygen atoms in total. The number of benzene rings is 3. The van der Waals surface area contributed by atoms with Gasteiger partial charge in [0.05, 0.1) is 0 Å². The second-order valence-electron chi connectivity index (χ2n) is 6.24. The molecule has 3 rings (SSSR count). The Bertz CT molecular complexity index is 952. The Kier molecular flexibility index (Phi) is 6.07. The Morgan fingerprint density at radius 2 is 1.57 bits per heavy atom. The van der Waals surface area contributed by atoms with Crippen LogP contribution in [0.1, 0.15) is 34.5 Å². The van der Waals surface area contributed by atoms with E-state index in [1.807, 2.05) is 37.3 Å². The topological polar surface area (TPSA) is 75.6 Å². The molecule has 0 saturated carbocycles. The number of rotatable bonds is 7. The number of carbonyl (C=O) groups excluding carboxylic acids is 1. The largest absolute Gasteiger partial charge is 0.478 e. The predicted octanol–water partition coefficient (Wildman–Crippen LogP) is 4.71. The summed E-state index contributed by atoms with van der Waals surface area (Å²) < 4.78 is 5.62. The van der Waals surface area contributed by atoms with E-state index < -0.39 is 12.1 Å². The van der Waals surface area contributed by atoms with Crippen molar-refractivity contribution in [3.63, 3.8) is 0 Å². The van der Waals surface area contributed by atoms with Crippen molar-refractivity contribution < 1.29 is 19.4 Å². The molecule has 0 heterocycles. The van der Waals surface area contributed by atoms with Gasteiger partial charge in [-0.25, -0.2) is 4.79 Å². The molecular weight excluding hydrogens is 354 g/mol.